The zero-order valence-corrected chi connectivity index (χ0v) is 17.0. The Bertz CT molecular complexity index is 610. The highest BCUT2D eigenvalue weighted by molar-refractivity contribution is 6.76. The molecule has 0 aliphatic heterocycles. The Morgan fingerprint density at radius 3 is 2.28 bits per heavy atom. The van der Waals surface area contributed by atoms with Gasteiger partial charge in [0.25, 0.3) is 0 Å². The molecule has 1 rings (SSSR count). The number of alkyl halides is 3. The van der Waals surface area contributed by atoms with Gasteiger partial charge < -0.3 is 9.64 Å². The molecule has 7 heteroatoms. The summed E-state index contributed by atoms with van der Waals surface area (Å²) in [4.78, 5) is 1.56. The van der Waals surface area contributed by atoms with Crippen molar-refractivity contribution in [3.63, 3.8) is 0 Å². The van der Waals surface area contributed by atoms with Crippen LogP contribution in [0.1, 0.15) is 31.4 Å². The third-order valence-electron chi connectivity index (χ3n) is 3.94. The summed E-state index contributed by atoms with van der Waals surface area (Å²) in [6.07, 6.45) is -3.74. The van der Waals surface area contributed by atoms with Crippen molar-refractivity contribution in [2.45, 2.75) is 59.1 Å². The summed E-state index contributed by atoms with van der Waals surface area (Å²) in [7, 11) is -1.23. The van der Waals surface area contributed by atoms with E-state index in [9.17, 15) is 13.2 Å². The third kappa shape index (κ3) is 6.38. The van der Waals surface area contributed by atoms with Crippen LogP contribution in [-0.2, 0) is 6.18 Å². The molecule has 1 aromatic carbocycles. The molecule has 0 heterocycles. The molecule has 0 radical (unpaired) electrons. The predicted octanol–water partition coefficient (Wildman–Crippen LogP) is 5.94. The molecule has 25 heavy (non-hydrogen) atoms. The quantitative estimate of drug-likeness (QED) is 0.277. The summed E-state index contributed by atoms with van der Waals surface area (Å²) in [5, 5.41) is 7.78. The number of ether oxygens (including phenoxy) is 1. The minimum absolute atomic E-state index is 0.122. The summed E-state index contributed by atoms with van der Waals surface area (Å²) >= 11 is 0. The van der Waals surface area contributed by atoms with Gasteiger partial charge in [-0.15, -0.1) is 0 Å². The lowest BCUT2D eigenvalue weighted by Gasteiger charge is -2.26. The molecule has 0 aliphatic rings. The van der Waals surface area contributed by atoms with Gasteiger partial charge in [-0.1, -0.05) is 25.7 Å². The summed E-state index contributed by atoms with van der Waals surface area (Å²) in [5.74, 6) is 0.0885. The van der Waals surface area contributed by atoms with Crippen LogP contribution in [0.3, 0.4) is 0 Å². The van der Waals surface area contributed by atoms with E-state index in [0.717, 1.165) is 18.5 Å². The fourth-order valence-electron chi connectivity index (χ4n) is 2.67. The number of hydrogen-bond acceptors (Lipinski definition) is 2. The third-order valence-corrected chi connectivity index (χ3v) is 5.80. The number of nitrogens with one attached hydrogen (secondary N) is 1. The smallest absolute Gasteiger partial charge is 0.420 e. The number of aryl methyl sites for hydroxylation is 1. The second kappa shape index (κ2) is 8.25. The zero-order valence-electron chi connectivity index (χ0n) is 16.0. The number of rotatable bonds is 7. The van der Waals surface area contributed by atoms with Gasteiger partial charge in [0.1, 0.15) is 5.75 Å². The van der Waals surface area contributed by atoms with Gasteiger partial charge in [-0.25, -0.2) is 0 Å². The van der Waals surface area contributed by atoms with Crippen LogP contribution < -0.4 is 9.64 Å². The molecule has 0 spiro atoms. The summed E-state index contributed by atoms with van der Waals surface area (Å²) in [6.45, 7) is 12.5. The molecule has 0 aliphatic carbocycles. The lowest BCUT2D eigenvalue weighted by atomic mass is 10.1. The molecule has 0 saturated carbocycles. The van der Waals surface area contributed by atoms with Gasteiger partial charge in [0.2, 0.25) is 0 Å². The van der Waals surface area contributed by atoms with E-state index in [4.69, 9.17) is 10.1 Å². The fourth-order valence-corrected chi connectivity index (χ4v) is 3.88. The van der Waals surface area contributed by atoms with Crippen molar-refractivity contribution in [3.8, 4) is 5.75 Å². The van der Waals surface area contributed by atoms with Crippen LogP contribution in [0.4, 0.5) is 18.9 Å². The van der Waals surface area contributed by atoms with Crippen molar-refractivity contribution < 1.29 is 17.9 Å². The van der Waals surface area contributed by atoms with E-state index >= 15 is 0 Å². The summed E-state index contributed by atoms with van der Waals surface area (Å²) in [6, 6.07) is 3.56. The van der Waals surface area contributed by atoms with Crippen LogP contribution in [0.5, 0.6) is 5.75 Å². The molecule has 0 saturated heterocycles. The van der Waals surface area contributed by atoms with E-state index in [1.807, 2.05) is 6.92 Å². The van der Waals surface area contributed by atoms with Gasteiger partial charge >= 0.3 is 6.18 Å². The average molecular weight is 375 g/mol. The topological polar surface area (TPSA) is 36.3 Å². The van der Waals surface area contributed by atoms with Crippen molar-refractivity contribution in [2.75, 3.05) is 18.1 Å². The van der Waals surface area contributed by atoms with Crippen LogP contribution in [0.15, 0.2) is 12.1 Å². The molecule has 0 amide bonds. The molecule has 1 N–H and O–H groups in total. The van der Waals surface area contributed by atoms with E-state index < -0.39 is 19.8 Å². The minimum Gasteiger partial charge on any atom is -0.493 e. The monoisotopic (exact) mass is 374 g/mol. The summed E-state index contributed by atoms with van der Waals surface area (Å²) in [5.41, 5.74) is 0.291. The number of amidine groups is 1. The largest absolute Gasteiger partial charge is 0.493 e. The zero-order chi connectivity index (χ0) is 19.4. The van der Waals surface area contributed by atoms with Crippen molar-refractivity contribution >= 4 is 19.6 Å². The molecule has 1 aromatic rings. The highest BCUT2D eigenvalue weighted by atomic mass is 28.3. The first-order valence-electron chi connectivity index (χ1n) is 8.54. The van der Waals surface area contributed by atoms with Crippen LogP contribution in [-0.4, -0.2) is 27.1 Å². The van der Waals surface area contributed by atoms with Crippen LogP contribution >= 0.6 is 0 Å². The molecule has 0 atom stereocenters. The first kappa shape index (κ1) is 21.5. The van der Waals surface area contributed by atoms with Crippen LogP contribution in [0.25, 0.3) is 0 Å². The Morgan fingerprint density at radius 1 is 1.24 bits per heavy atom. The van der Waals surface area contributed by atoms with Gasteiger partial charge in [-0.05, 0) is 44.9 Å². The lowest BCUT2D eigenvalue weighted by molar-refractivity contribution is -0.138. The molecule has 0 fully saturated rings. The fraction of sp³-hybridized carbons (Fsp3) is 0.611. The molecule has 142 valence electrons. The molecule has 0 aromatic heterocycles. The Balaban J connectivity index is 3.13. The van der Waals surface area contributed by atoms with Crippen molar-refractivity contribution in [2.24, 2.45) is 0 Å². The normalized spacial score (nSPS) is 12.2. The van der Waals surface area contributed by atoms with Gasteiger partial charge in [0, 0.05) is 20.3 Å². The van der Waals surface area contributed by atoms with Gasteiger partial charge in [0.05, 0.1) is 18.0 Å². The Labute approximate surface area is 149 Å². The standard InChI is InChI=1S/C18H29F3N2OSi/c1-7-23(14(3)22)16-12-15(18(19,20)21)17(11-13(16)2)24-9-8-10-25(4,5)6/h11-12,22H,7-10H2,1-6H3. The van der Waals surface area contributed by atoms with Crippen LogP contribution in [0.2, 0.25) is 25.7 Å². The van der Waals surface area contributed by atoms with E-state index in [2.05, 4.69) is 19.6 Å². The number of hydrogen-bond donors (Lipinski definition) is 1. The molecule has 0 unspecified atom stereocenters. The lowest BCUT2D eigenvalue weighted by Crippen LogP contribution is -2.28. The second-order valence-electron chi connectivity index (χ2n) is 7.47. The first-order chi connectivity index (χ1) is 11.4. The highest BCUT2D eigenvalue weighted by Crippen LogP contribution is 2.40. The molecule has 3 nitrogen and oxygen atoms in total. The number of anilines is 1. The van der Waals surface area contributed by atoms with Gasteiger partial charge in [0.15, 0.2) is 0 Å². The van der Waals surface area contributed by atoms with Gasteiger partial charge in [-0.2, -0.15) is 13.2 Å². The minimum atomic E-state index is -4.49. The van der Waals surface area contributed by atoms with Gasteiger partial charge in [-0.3, -0.25) is 5.41 Å². The SMILES string of the molecule is CCN(C(C)=N)c1cc(C(F)(F)F)c(OCCC[Si](C)(C)C)cc1C. The Morgan fingerprint density at radius 2 is 1.84 bits per heavy atom. The number of benzene rings is 1. The Hall–Kier alpha value is -1.50. The molecular weight excluding hydrogens is 345 g/mol. The van der Waals surface area contributed by atoms with E-state index in [1.165, 1.54) is 6.07 Å². The first-order valence-corrected chi connectivity index (χ1v) is 12.2. The Kier molecular flexibility index (Phi) is 7.11. The second-order valence-corrected chi connectivity index (χ2v) is 13.1. The maximum Gasteiger partial charge on any atom is 0.420 e. The highest BCUT2D eigenvalue weighted by Gasteiger charge is 2.35. The van der Waals surface area contributed by atoms with Crippen molar-refractivity contribution in [3.05, 3.63) is 23.3 Å². The van der Waals surface area contributed by atoms with Crippen LogP contribution in [0, 0.1) is 12.3 Å². The number of nitrogens with zero attached hydrogens (tertiary/aromatic N) is 1. The average Bonchev–Trinajstić information content (AvgIpc) is 2.43. The molecule has 0 bridgehead atoms. The van der Waals surface area contributed by atoms with Crippen molar-refractivity contribution in [1.82, 2.24) is 0 Å². The maximum atomic E-state index is 13.5. The predicted molar refractivity (Wildman–Crippen MR) is 101 cm³/mol. The summed E-state index contributed by atoms with van der Waals surface area (Å²) < 4.78 is 45.9. The van der Waals surface area contributed by atoms with Crippen molar-refractivity contribution in [1.29, 1.82) is 5.41 Å². The number of halogens is 3. The van der Waals surface area contributed by atoms with E-state index in [0.29, 0.717) is 17.8 Å². The van der Waals surface area contributed by atoms with E-state index in [1.54, 1.807) is 18.7 Å². The van der Waals surface area contributed by atoms with E-state index in [-0.39, 0.29) is 18.2 Å². The molecular formula is C18H29F3N2OSi. The maximum absolute atomic E-state index is 13.5.